The number of hydrogen-bond donors (Lipinski definition) is 2. The molecule has 5 rings (SSSR count). The van der Waals surface area contributed by atoms with Crippen molar-refractivity contribution in [2.45, 2.75) is 18.5 Å². The van der Waals surface area contributed by atoms with Crippen molar-refractivity contribution >= 4 is 56.1 Å². The number of aromatic nitrogens is 5. The van der Waals surface area contributed by atoms with Crippen LogP contribution in [0, 0.1) is 0 Å². The molecule has 2 aromatic carbocycles. The number of benzene rings is 2. The van der Waals surface area contributed by atoms with E-state index in [1.807, 2.05) is 43.3 Å². The zero-order chi connectivity index (χ0) is 23.7. The minimum atomic E-state index is -0.273. The molecule has 2 N–H and O–H groups in total. The molecule has 3 heterocycles. The van der Waals surface area contributed by atoms with E-state index < -0.39 is 0 Å². The van der Waals surface area contributed by atoms with Crippen molar-refractivity contribution in [2.24, 2.45) is 0 Å². The van der Waals surface area contributed by atoms with Crippen LogP contribution in [0.1, 0.15) is 11.9 Å². The number of H-pyrrole nitrogens is 1. The maximum atomic E-state index is 13.7. The van der Waals surface area contributed by atoms with Crippen LogP contribution in [0.25, 0.3) is 27.6 Å². The second-order valence-corrected chi connectivity index (χ2v) is 9.30. The van der Waals surface area contributed by atoms with Gasteiger partial charge in [-0.2, -0.15) is 0 Å². The van der Waals surface area contributed by atoms with Gasteiger partial charge < -0.3 is 9.72 Å². The van der Waals surface area contributed by atoms with Crippen molar-refractivity contribution in [2.75, 3.05) is 18.2 Å². The number of anilines is 1. The van der Waals surface area contributed by atoms with Crippen LogP contribution in [0.5, 0.6) is 5.75 Å². The summed E-state index contributed by atoms with van der Waals surface area (Å²) in [4.78, 5) is 34.3. The minimum absolute atomic E-state index is 0.0382. The number of thioether (sulfide) groups is 1. The van der Waals surface area contributed by atoms with Gasteiger partial charge in [-0.25, -0.2) is 9.55 Å². The average Bonchev–Trinajstić information content (AvgIpc) is 3.47. The Morgan fingerprint density at radius 1 is 1.18 bits per heavy atom. The Morgan fingerprint density at radius 2 is 1.97 bits per heavy atom. The van der Waals surface area contributed by atoms with Crippen LogP contribution in [0.3, 0.4) is 0 Å². The monoisotopic (exact) mass is 492 g/mol. The van der Waals surface area contributed by atoms with Gasteiger partial charge in [-0.05, 0) is 24.6 Å². The van der Waals surface area contributed by atoms with E-state index in [2.05, 4.69) is 20.5 Å². The number of nitrogens with one attached hydrogen (secondary N) is 2. The fraction of sp³-hybridized carbons (Fsp3) is 0.174. The number of aromatic amines is 1. The number of fused-ring (bicyclic) bond motifs is 3. The summed E-state index contributed by atoms with van der Waals surface area (Å²) in [5.74, 6) is 0.300. The van der Waals surface area contributed by atoms with Crippen LogP contribution in [-0.2, 0) is 11.2 Å². The number of carbonyl (C=O) groups is 1. The van der Waals surface area contributed by atoms with Crippen molar-refractivity contribution in [3.05, 3.63) is 63.9 Å². The number of nitrogens with zero attached hydrogens (tertiary/aromatic N) is 4. The molecule has 0 saturated heterocycles. The lowest BCUT2D eigenvalue weighted by Crippen LogP contribution is -2.23. The zero-order valence-corrected chi connectivity index (χ0v) is 20.0. The van der Waals surface area contributed by atoms with Gasteiger partial charge in [0.2, 0.25) is 11.0 Å². The Bertz CT molecular complexity index is 1570. The quantitative estimate of drug-likeness (QED) is 0.260. The summed E-state index contributed by atoms with van der Waals surface area (Å²) in [6.45, 7) is 1.98. The molecule has 0 aliphatic carbocycles. The average molecular weight is 493 g/mol. The van der Waals surface area contributed by atoms with E-state index >= 15 is 0 Å². The van der Waals surface area contributed by atoms with E-state index in [4.69, 9.17) is 9.72 Å². The normalized spacial score (nSPS) is 11.2. The molecular weight excluding hydrogens is 472 g/mol. The van der Waals surface area contributed by atoms with Gasteiger partial charge in [0.15, 0.2) is 5.16 Å². The van der Waals surface area contributed by atoms with Crippen molar-refractivity contribution in [3.63, 3.8) is 0 Å². The van der Waals surface area contributed by atoms with Gasteiger partial charge in [-0.3, -0.25) is 14.9 Å². The standard InChI is InChI=1S/C23H20N6O3S2/c1-3-18-27-28-22(34-18)25-17(30)12-33-23-26-19-13-8-4-5-9-14(13)24-20(19)21(31)29(23)15-10-6-7-11-16(15)32-2/h4-11,24H,3,12H2,1-2H3,(H,25,28,30). The number of aryl methyl sites for hydroxylation is 1. The zero-order valence-electron chi connectivity index (χ0n) is 18.4. The first-order valence-electron chi connectivity index (χ1n) is 10.5. The van der Waals surface area contributed by atoms with Gasteiger partial charge in [-0.15, -0.1) is 10.2 Å². The van der Waals surface area contributed by atoms with Crippen LogP contribution >= 0.6 is 23.1 Å². The molecule has 0 spiro atoms. The summed E-state index contributed by atoms with van der Waals surface area (Å²) >= 11 is 2.51. The third kappa shape index (κ3) is 4.03. The topological polar surface area (TPSA) is 115 Å². The molecule has 0 saturated carbocycles. The predicted octanol–water partition coefficient (Wildman–Crippen LogP) is 4.02. The van der Waals surface area contributed by atoms with E-state index in [9.17, 15) is 9.59 Å². The fourth-order valence-electron chi connectivity index (χ4n) is 3.60. The van der Waals surface area contributed by atoms with Crippen LogP contribution in [0.4, 0.5) is 5.13 Å². The number of ether oxygens (including phenoxy) is 1. The first kappa shape index (κ1) is 22.1. The lowest BCUT2D eigenvalue weighted by atomic mass is 10.2. The van der Waals surface area contributed by atoms with E-state index in [1.54, 1.807) is 19.2 Å². The summed E-state index contributed by atoms with van der Waals surface area (Å²) in [7, 11) is 1.55. The lowest BCUT2D eigenvalue weighted by molar-refractivity contribution is -0.113. The molecule has 0 radical (unpaired) electrons. The Kier molecular flexibility index (Phi) is 6.03. The van der Waals surface area contributed by atoms with E-state index in [-0.39, 0.29) is 17.2 Å². The fourth-order valence-corrected chi connectivity index (χ4v) is 5.09. The molecule has 0 atom stereocenters. The van der Waals surface area contributed by atoms with Gasteiger partial charge in [0.05, 0.1) is 18.6 Å². The highest BCUT2D eigenvalue weighted by Crippen LogP contribution is 2.29. The largest absolute Gasteiger partial charge is 0.495 e. The molecule has 0 fully saturated rings. The molecule has 9 nitrogen and oxygen atoms in total. The summed E-state index contributed by atoms with van der Waals surface area (Å²) in [6, 6.07) is 14.8. The van der Waals surface area contributed by atoms with Gasteiger partial charge in [0.25, 0.3) is 5.56 Å². The third-order valence-corrected chi connectivity index (χ3v) is 7.09. The van der Waals surface area contributed by atoms with Crippen molar-refractivity contribution in [1.29, 1.82) is 0 Å². The van der Waals surface area contributed by atoms with Gasteiger partial charge in [0.1, 0.15) is 21.8 Å². The van der Waals surface area contributed by atoms with Crippen LogP contribution in [-0.4, -0.2) is 43.5 Å². The maximum Gasteiger partial charge on any atom is 0.283 e. The smallest absolute Gasteiger partial charge is 0.283 e. The molecule has 11 heteroatoms. The number of amides is 1. The molecule has 0 unspecified atom stereocenters. The molecule has 0 aliphatic heterocycles. The van der Waals surface area contributed by atoms with Crippen LogP contribution < -0.4 is 15.6 Å². The van der Waals surface area contributed by atoms with E-state index in [1.165, 1.54) is 27.7 Å². The van der Waals surface area contributed by atoms with Crippen molar-refractivity contribution in [1.82, 2.24) is 24.7 Å². The molecule has 3 aromatic heterocycles. The number of methoxy groups -OCH3 is 1. The molecule has 34 heavy (non-hydrogen) atoms. The van der Waals surface area contributed by atoms with E-state index in [0.717, 1.165) is 22.3 Å². The summed E-state index contributed by atoms with van der Waals surface area (Å²) in [5.41, 5.74) is 2.04. The molecule has 1 amide bonds. The Balaban J connectivity index is 1.57. The highest BCUT2D eigenvalue weighted by Gasteiger charge is 2.20. The molecule has 172 valence electrons. The first-order valence-corrected chi connectivity index (χ1v) is 12.3. The van der Waals surface area contributed by atoms with Gasteiger partial charge in [0, 0.05) is 10.9 Å². The number of hydrogen-bond acceptors (Lipinski definition) is 8. The maximum absolute atomic E-state index is 13.7. The predicted molar refractivity (Wildman–Crippen MR) is 134 cm³/mol. The third-order valence-electron chi connectivity index (χ3n) is 5.17. The van der Waals surface area contributed by atoms with Crippen molar-refractivity contribution in [3.8, 4) is 11.4 Å². The number of para-hydroxylation sites is 3. The number of rotatable bonds is 7. The SMILES string of the molecule is CCc1nnc(NC(=O)CSc2nc3c([nH]c4ccccc43)c(=O)n2-c2ccccc2OC)s1. The van der Waals surface area contributed by atoms with E-state index in [0.29, 0.717) is 32.8 Å². The van der Waals surface area contributed by atoms with Crippen LogP contribution in [0.2, 0.25) is 0 Å². The lowest BCUT2D eigenvalue weighted by Gasteiger charge is -2.14. The van der Waals surface area contributed by atoms with Gasteiger partial charge in [-0.1, -0.05) is 60.4 Å². The molecule has 0 aliphatic rings. The van der Waals surface area contributed by atoms with Crippen molar-refractivity contribution < 1.29 is 9.53 Å². The summed E-state index contributed by atoms with van der Waals surface area (Å²) < 4.78 is 6.98. The number of carbonyl (C=O) groups excluding carboxylic acids is 1. The second kappa shape index (κ2) is 9.27. The Labute approximate surface area is 202 Å². The minimum Gasteiger partial charge on any atom is -0.495 e. The Hall–Kier alpha value is -3.70. The summed E-state index contributed by atoms with van der Waals surface area (Å²) in [5, 5.41) is 13.3. The van der Waals surface area contributed by atoms with Gasteiger partial charge >= 0.3 is 0 Å². The Morgan fingerprint density at radius 3 is 2.76 bits per heavy atom. The van der Waals surface area contributed by atoms with Crippen LogP contribution in [0.15, 0.2) is 58.5 Å². The highest BCUT2D eigenvalue weighted by molar-refractivity contribution is 7.99. The molecule has 5 aromatic rings. The second-order valence-electron chi connectivity index (χ2n) is 7.29. The highest BCUT2D eigenvalue weighted by atomic mass is 32.2. The molecular formula is C23H20N6O3S2. The summed E-state index contributed by atoms with van der Waals surface area (Å²) in [6.07, 6.45) is 0.752. The first-order chi connectivity index (χ1) is 16.6. The molecule has 0 bridgehead atoms.